The second-order valence-electron chi connectivity index (χ2n) is 9.12. The number of primary amides is 1. The maximum atomic E-state index is 14.2. The van der Waals surface area contributed by atoms with Crippen LogP contribution in [0.4, 0.5) is 19.7 Å². The fourth-order valence-electron chi connectivity index (χ4n) is 4.91. The summed E-state index contributed by atoms with van der Waals surface area (Å²) in [5, 5.41) is 15.0. The van der Waals surface area contributed by atoms with Gasteiger partial charge >= 0.3 is 12.1 Å². The summed E-state index contributed by atoms with van der Waals surface area (Å²) in [5.41, 5.74) is 6.52. The van der Waals surface area contributed by atoms with Crippen molar-refractivity contribution in [3.05, 3.63) is 59.0 Å². The van der Waals surface area contributed by atoms with Gasteiger partial charge in [0.15, 0.2) is 0 Å². The van der Waals surface area contributed by atoms with Crippen molar-refractivity contribution >= 4 is 46.2 Å². The van der Waals surface area contributed by atoms with Gasteiger partial charge in [-0.15, -0.1) is 0 Å². The second kappa shape index (κ2) is 9.91. The van der Waals surface area contributed by atoms with Crippen LogP contribution in [0.15, 0.2) is 42.6 Å². The van der Waals surface area contributed by atoms with Crippen molar-refractivity contribution in [3.63, 3.8) is 0 Å². The molecule has 2 aliphatic rings. The number of nitrogens with two attached hydrogens (primary N) is 1. The first kappa shape index (κ1) is 24.8. The fraction of sp³-hybridized carbons (Fsp3) is 0.320. The first-order valence-electron chi connectivity index (χ1n) is 11.7. The molecule has 3 atom stereocenters. The molecule has 1 aliphatic heterocycles. The number of anilines is 1. The summed E-state index contributed by atoms with van der Waals surface area (Å²) in [6, 6.07) is 7.49. The van der Waals surface area contributed by atoms with Crippen molar-refractivity contribution < 1.29 is 28.6 Å². The van der Waals surface area contributed by atoms with E-state index in [1.165, 1.54) is 27.8 Å². The highest BCUT2D eigenvalue weighted by Gasteiger charge is 2.57. The molecule has 194 valence electrons. The Kier molecular flexibility index (Phi) is 6.65. The molecule has 5 N–H and O–H groups in total. The molecule has 1 saturated carbocycles. The molecule has 0 spiro atoms. The molecule has 2 fully saturated rings. The van der Waals surface area contributed by atoms with Crippen LogP contribution < -0.4 is 21.1 Å². The van der Waals surface area contributed by atoms with Crippen molar-refractivity contribution in [1.29, 1.82) is 0 Å². The summed E-state index contributed by atoms with van der Waals surface area (Å²) in [6.07, 6.45) is 2.24. The third-order valence-electron chi connectivity index (χ3n) is 6.78. The van der Waals surface area contributed by atoms with E-state index in [1.807, 2.05) is 0 Å². The van der Waals surface area contributed by atoms with Gasteiger partial charge in [0.05, 0.1) is 22.8 Å². The van der Waals surface area contributed by atoms with E-state index < -0.39 is 23.9 Å². The number of ether oxygens (including phenoxy) is 1. The number of rotatable bonds is 7. The molecule has 3 aromatic rings. The number of halogens is 2. The van der Waals surface area contributed by atoms with Crippen LogP contribution in [0.1, 0.15) is 12.0 Å². The van der Waals surface area contributed by atoms with E-state index in [2.05, 4.69) is 10.6 Å². The summed E-state index contributed by atoms with van der Waals surface area (Å²) in [4.78, 5) is 39.8. The van der Waals surface area contributed by atoms with Gasteiger partial charge in [-0.2, -0.15) is 0 Å². The number of urea groups is 1. The number of nitrogens with zero attached hydrogens (tertiary/aromatic N) is 2. The van der Waals surface area contributed by atoms with E-state index in [-0.39, 0.29) is 48.1 Å². The summed E-state index contributed by atoms with van der Waals surface area (Å²) in [6.45, 7) is 0.251. The van der Waals surface area contributed by atoms with Crippen LogP contribution in [0.2, 0.25) is 5.02 Å². The second-order valence-corrected chi connectivity index (χ2v) is 9.53. The van der Waals surface area contributed by atoms with Crippen LogP contribution in [0.3, 0.4) is 0 Å². The molecule has 0 radical (unpaired) electrons. The Labute approximate surface area is 216 Å². The monoisotopic (exact) mass is 529 g/mol. The lowest BCUT2D eigenvalue weighted by Gasteiger charge is -2.27. The summed E-state index contributed by atoms with van der Waals surface area (Å²) >= 11 is 5.83. The molecule has 2 heterocycles. The van der Waals surface area contributed by atoms with E-state index >= 15 is 0 Å². The number of aliphatic hydroxyl groups excluding tert-OH is 1. The SMILES string of the molecule is NC(=O)n1cc(NC(=O)N2C[C@@H]3C[C@@H]3[C@H]2C(=O)NCc2cccc(Cl)c2F)c2cc(OCCO)ccc21. The van der Waals surface area contributed by atoms with Gasteiger partial charge < -0.3 is 31.1 Å². The van der Waals surface area contributed by atoms with Gasteiger partial charge in [-0.05, 0) is 42.5 Å². The van der Waals surface area contributed by atoms with Gasteiger partial charge in [0.25, 0.3) is 0 Å². The third kappa shape index (κ3) is 4.79. The van der Waals surface area contributed by atoms with Crippen LogP contribution >= 0.6 is 11.6 Å². The highest BCUT2D eigenvalue weighted by atomic mass is 35.5. The number of likely N-dealkylation sites (tertiary alicyclic amines) is 1. The topological polar surface area (TPSA) is 139 Å². The Hall–Kier alpha value is -3.83. The van der Waals surface area contributed by atoms with Gasteiger partial charge in [-0.1, -0.05) is 23.7 Å². The predicted molar refractivity (Wildman–Crippen MR) is 134 cm³/mol. The van der Waals surface area contributed by atoms with Crippen LogP contribution in [-0.4, -0.2) is 58.3 Å². The predicted octanol–water partition coefficient (Wildman–Crippen LogP) is 2.90. The standard InChI is InChI=1S/C25H25ClFN5O5/c26-18-3-1-2-13(21(18)27)10-29-23(34)22-16-8-14(16)11-32(22)25(36)30-19-12-31(24(28)35)20-5-4-15(9-17(19)20)37-7-6-33/h1-5,9,12,14,16,22,33H,6-8,10-11H2,(H2,28,35)(H,29,34)(H,30,36)/t14-,16-,22-/m0/s1. The molecule has 37 heavy (non-hydrogen) atoms. The number of amides is 4. The average Bonchev–Trinajstić information content (AvgIpc) is 3.39. The van der Waals surface area contributed by atoms with Crippen molar-refractivity contribution in [2.24, 2.45) is 17.6 Å². The van der Waals surface area contributed by atoms with Crippen LogP contribution in [0.25, 0.3) is 10.9 Å². The highest BCUT2D eigenvalue weighted by molar-refractivity contribution is 6.30. The first-order chi connectivity index (χ1) is 17.8. The number of piperidine rings is 1. The molecular weight excluding hydrogens is 505 g/mol. The largest absolute Gasteiger partial charge is 0.491 e. The number of hydrogen-bond acceptors (Lipinski definition) is 5. The zero-order valence-corrected chi connectivity index (χ0v) is 20.4. The van der Waals surface area contributed by atoms with Crippen LogP contribution in [0.5, 0.6) is 5.75 Å². The van der Waals surface area contributed by atoms with Gasteiger partial charge in [0, 0.05) is 30.2 Å². The minimum absolute atomic E-state index is 0.0282. The van der Waals surface area contributed by atoms with Gasteiger partial charge in [-0.3, -0.25) is 9.36 Å². The molecule has 1 aliphatic carbocycles. The van der Waals surface area contributed by atoms with Gasteiger partial charge in [0.2, 0.25) is 5.91 Å². The molecule has 4 amide bonds. The van der Waals surface area contributed by atoms with Crippen molar-refractivity contribution in [3.8, 4) is 5.75 Å². The smallest absolute Gasteiger partial charge is 0.323 e. The number of aliphatic hydroxyl groups is 1. The molecule has 12 heteroatoms. The summed E-state index contributed by atoms with van der Waals surface area (Å²) < 4.78 is 20.9. The first-order valence-corrected chi connectivity index (χ1v) is 12.1. The lowest BCUT2D eigenvalue weighted by molar-refractivity contribution is -0.125. The van der Waals surface area contributed by atoms with E-state index in [0.717, 1.165) is 6.42 Å². The lowest BCUT2D eigenvalue weighted by Crippen LogP contribution is -2.49. The molecule has 1 saturated heterocycles. The normalized spacial score (nSPS) is 20.0. The Bertz CT molecular complexity index is 1400. The van der Waals surface area contributed by atoms with Crippen LogP contribution in [0, 0.1) is 17.7 Å². The maximum Gasteiger partial charge on any atom is 0.323 e. The van der Waals surface area contributed by atoms with E-state index in [0.29, 0.717) is 28.9 Å². The van der Waals surface area contributed by atoms with Gasteiger partial charge in [-0.25, -0.2) is 14.0 Å². The quantitative estimate of drug-likeness (QED) is 0.373. The fourth-order valence-corrected chi connectivity index (χ4v) is 5.11. The Morgan fingerprint density at radius 3 is 2.81 bits per heavy atom. The van der Waals surface area contributed by atoms with Gasteiger partial charge in [0.1, 0.15) is 24.2 Å². The Morgan fingerprint density at radius 2 is 2.05 bits per heavy atom. The number of carbonyl (C=O) groups excluding carboxylic acids is 3. The van der Waals surface area contributed by atoms with E-state index in [4.69, 9.17) is 27.2 Å². The van der Waals surface area contributed by atoms with Crippen molar-refractivity contribution in [2.75, 3.05) is 25.1 Å². The number of benzene rings is 2. The molecular formula is C25H25ClFN5O5. The number of carbonyl (C=O) groups is 3. The molecule has 5 rings (SSSR count). The Balaban J connectivity index is 1.34. The molecule has 1 aromatic heterocycles. The highest BCUT2D eigenvalue weighted by Crippen LogP contribution is 2.49. The summed E-state index contributed by atoms with van der Waals surface area (Å²) in [7, 11) is 0. The summed E-state index contributed by atoms with van der Waals surface area (Å²) in [5.74, 6) is -0.288. The van der Waals surface area contributed by atoms with E-state index in [1.54, 1.807) is 24.3 Å². The number of fused-ring (bicyclic) bond motifs is 2. The number of aromatic nitrogens is 1. The van der Waals surface area contributed by atoms with Crippen molar-refractivity contribution in [2.45, 2.75) is 19.0 Å². The number of hydrogen-bond donors (Lipinski definition) is 4. The average molecular weight is 530 g/mol. The number of nitrogens with one attached hydrogen (secondary N) is 2. The molecule has 0 bridgehead atoms. The zero-order valence-electron chi connectivity index (χ0n) is 19.6. The third-order valence-corrected chi connectivity index (χ3v) is 7.07. The van der Waals surface area contributed by atoms with E-state index in [9.17, 15) is 18.8 Å². The zero-order chi connectivity index (χ0) is 26.3. The Morgan fingerprint density at radius 1 is 1.24 bits per heavy atom. The molecule has 10 nitrogen and oxygen atoms in total. The molecule has 0 unspecified atom stereocenters. The molecule has 2 aromatic carbocycles. The maximum absolute atomic E-state index is 14.2. The van der Waals surface area contributed by atoms with Crippen LogP contribution in [-0.2, 0) is 11.3 Å². The minimum atomic E-state index is -0.734. The minimum Gasteiger partial charge on any atom is -0.491 e. The lowest BCUT2D eigenvalue weighted by atomic mass is 10.1. The van der Waals surface area contributed by atoms with Crippen molar-refractivity contribution in [1.82, 2.24) is 14.8 Å².